The minimum atomic E-state index is 0.348. The molecule has 3 aromatic rings. The number of hydrogen-bond acceptors (Lipinski definition) is 2. The molecule has 0 aliphatic heterocycles. The highest BCUT2D eigenvalue weighted by Gasteiger charge is 2.31. The highest BCUT2D eigenvalue weighted by Crippen LogP contribution is 2.42. The maximum atomic E-state index is 9.80. The molecule has 0 saturated heterocycles. The van der Waals surface area contributed by atoms with Crippen LogP contribution in [0.4, 0.5) is 5.69 Å². The van der Waals surface area contributed by atoms with Gasteiger partial charge in [0, 0.05) is 36.4 Å². The van der Waals surface area contributed by atoms with E-state index >= 15 is 0 Å². The molecule has 1 atom stereocenters. The van der Waals surface area contributed by atoms with E-state index in [0.29, 0.717) is 11.8 Å². The zero-order chi connectivity index (χ0) is 15.3. The first-order valence-corrected chi connectivity index (χ1v) is 7.75. The van der Waals surface area contributed by atoms with Gasteiger partial charge in [-0.3, -0.25) is 0 Å². The van der Waals surface area contributed by atoms with Crippen LogP contribution in [0.2, 0.25) is 0 Å². The number of aryl methyl sites for hydroxylation is 2. The van der Waals surface area contributed by atoms with Gasteiger partial charge in [0.15, 0.2) is 0 Å². The van der Waals surface area contributed by atoms with Gasteiger partial charge in [-0.15, -0.1) is 0 Å². The molecule has 112 valence electrons. The van der Waals surface area contributed by atoms with Crippen LogP contribution >= 0.6 is 0 Å². The van der Waals surface area contributed by atoms with Gasteiger partial charge >= 0.3 is 0 Å². The van der Waals surface area contributed by atoms with E-state index in [2.05, 4.69) is 53.9 Å². The second-order valence-corrected chi connectivity index (χ2v) is 6.13. The molecule has 2 aromatic carbocycles. The van der Waals surface area contributed by atoms with Gasteiger partial charge in [-0.05, 0) is 48.7 Å². The number of rotatable bonds is 2. The first kappa shape index (κ1) is 13.3. The van der Waals surface area contributed by atoms with Gasteiger partial charge in [-0.2, -0.15) is 0 Å². The summed E-state index contributed by atoms with van der Waals surface area (Å²) in [5.74, 6) is 0.348. The quantitative estimate of drug-likeness (QED) is 0.773. The van der Waals surface area contributed by atoms with Gasteiger partial charge in [-0.25, -0.2) is 0 Å². The van der Waals surface area contributed by atoms with E-state index in [-0.39, 0.29) is 0 Å². The molecule has 0 fully saturated rings. The molecule has 0 bridgehead atoms. The van der Waals surface area contributed by atoms with E-state index < -0.39 is 0 Å². The smallest absolute Gasteiger partial charge is 0.116 e. The van der Waals surface area contributed by atoms with Gasteiger partial charge in [0.1, 0.15) is 5.75 Å². The van der Waals surface area contributed by atoms with Crippen molar-refractivity contribution in [2.45, 2.75) is 18.9 Å². The minimum absolute atomic E-state index is 0.348. The van der Waals surface area contributed by atoms with Crippen LogP contribution in [0, 0.1) is 0 Å². The molecule has 1 aliphatic carbocycles. The van der Waals surface area contributed by atoms with Crippen molar-refractivity contribution < 1.29 is 5.11 Å². The van der Waals surface area contributed by atoms with Gasteiger partial charge in [0.25, 0.3) is 0 Å². The molecule has 4 rings (SSSR count). The Morgan fingerprint density at radius 1 is 1.14 bits per heavy atom. The predicted octanol–water partition coefficient (Wildman–Crippen LogP) is 4.01. The largest absolute Gasteiger partial charge is 0.508 e. The fourth-order valence-electron chi connectivity index (χ4n) is 3.85. The van der Waals surface area contributed by atoms with E-state index in [1.165, 1.54) is 27.8 Å². The highest BCUT2D eigenvalue weighted by atomic mass is 16.3. The molecule has 1 aliphatic rings. The van der Waals surface area contributed by atoms with Crippen molar-refractivity contribution in [1.82, 2.24) is 4.57 Å². The molecule has 0 saturated carbocycles. The Kier molecular flexibility index (Phi) is 2.89. The van der Waals surface area contributed by atoms with Crippen molar-refractivity contribution in [3.8, 4) is 5.75 Å². The van der Waals surface area contributed by atoms with Crippen molar-refractivity contribution in [3.05, 3.63) is 59.8 Å². The summed E-state index contributed by atoms with van der Waals surface area (Å²) in [6, 6.07) is 16.6. The normalized spacial score (nSPS) is 16.9. The average molecular weight is 292 g/mol. The molecule has 1 N–H and O–H groups in total. The first-order valence-electron chi connectivity index (χ1n) is 7.75. The molecule has 0 amide bonds. The zero-order valence-corrected chi connectivity index (χ0v) is 13.0. The minimum Gasteiger partial charge on any atom is -0.508 e. The SMILES string of the molecule is CN(c1ccccc1)C1CCc2c1n(C)c1ccc(O)cc21. The standard InChI is InChI=1S/C19H20N2O/c1-20(13-6-4-3-5-7-13)18-11-9-15-16-12-14(22)8-10-17(16)21(2)19(15)18/h3-8,10,12,18,22H,9,11H2,1-2H3. The summed E-state index contributed by atoms with van der Waals surface area (Å²) in [4.78, 5) is 2.37. The molecule has 0 spiro atoms. The Balaban J connectivity index is 1.84. The maximum absolute atomic E-state index is 9.80. The fraction of sp³-hybridized carbons (Fsp3) is 0.263. The van der Waals surface area contributed by atoms with E-state index in [9.17, 15) is 5.11 Å². The summed E-state index contributed by atoms with van der Waals surface area (Å²) in [5, 5.41) is 11.0. The molecule has 1 unspecified atom stereocenters. The van der Waals surface area contributed by atoms with E-state index in [1.54, 1.807) is 6.07 Å². The summed E-state index contributed by atoms with van der Waals surface area (Å²) < 4.78 is 2.29. The third-order valence-electron chi connectivity index (χ3n) is 4.95. The van der Waals surface area contributed by atoms with Crippen molar-refractivity contribution >= 4 is 16.6 Å². The summed E-state index contributed by atoms with van der Waals surface area (Å²) >= 11 is 0. The van der Waals surface area contributed by atoms with Gasteiger partial charge in [-0.1, -0.05) is 18.2 Å². The lowest BCUT2D eigenvalue weighted by Gasteiger charge is -2.28. The maximum Gasteiger partial charge on any atom is 0.116 e. The Bertz CT molecular complexity index is 836. The second-order valence-electron chi connectivity index (χ2n) is 6.13. The molecular weight excluding hydrogens is 272 g/mol. The predicted molar refractivity (Wildman–Crippen MR) is 90.5 cm³/mol. The topological polar surface area (TPSA) is 28.4 Å². The number of fused-ring (bicyclic) bond motifs is 3. The number of phenolic OH excluding ortho intramolecular Hbond substituents is 1. The Morgan fingerprint density at radius 2 is 1.91 bits per heavy atom. The van der Waals surface area contributed by atoms with E-state index in [0.717, 1.165) is 12.8 Å². The van der Waals surface area contributed by atoms with Crippen LogP contribution < -0.4 is 4.90 Å². The van der Waals surface area contributed by atoms with Crippen LogP contribution in [-0.2, 0) is 13.5 Å². The van der Waals surface area contributed by atoms with Crippen LogP contribution in [-0.4, -0.2) is 16.7 Å². The lowest BCUT2D eigenvalue weighted by molar-refractivity contribution is 0.476. The number of aromatic nitrogens is 1. The van der Waals surface area contributed by atoms with Crippen LogP contribution in [0.3, 0.4) is 0 Å². The summed E-state index contributed by atoms with van der Waals surface area (Å²) in [5.41, 5.74) is 5.22. The number of para-hydroxylation sites is 1. The second kappa shape index (κ2) is 4.80. The highest BCUT2D eigenvalue weighted by molar-refractivity contribution is 5.88. The molecule has 3 nitrogen and oxygen atoms in total. The lowest BCUT2D eigenvalue weighted by atomic mass is 10.1. The van der Waals surface area contributed by atoms with Crippen LogP contribution in [0.1, 0.15) is 23.7 Å². The van der Waals surface area contributed by atoms with Gasteiger partial charge < -0.3 is 14.6 Å². The molecule has 0 radical (unpaired) electrons. The monoisotopic (exact) mass is 292 g/mol. The summed E-state index contributed by atoms with van der Waals surface area (Å²) in [6.07, 6.45) is 2.19. The van der Waals surface area contributed by atoms with Crippen molar-refractivity contribution in [1.29, 1.82) is 0 Å². The summed E-state index contributed by atoms with van der Waals surface area (Å²) in [6.45, 7) is 0. The summed E-state index contributed by atoms with van der Waals surface area (Å²) in [7, 11) is 4.31. The number of benzene rings is 2. The number of anilines is 1. The zero-order valence-electron chi connectivity index (χ0n) is 13.0. The lowest BCUT2D eigenvalue weighted by Crippen LogP contribution is -2.23. The molecule has 3 heteroatoms. The van der Waals surface area contributed by atoms with E-state index in [4.69, 9.17) is 0 Å². The first-order chi connectivity index (χ1) is 10.7. The van der Waals surface area contributed by atoms with Crippen LogP contribution in [0.15, 0.2) is 48.5 Å². The van der Waals surface area contributed by atoms with E-state index in [1.807, 2.05) is 12.1 Å². The fourth-order valence-corrected chi connectivity index (χ4v) is 3.85. The number of nitrogens with zero attached hydrogens (tertiary/aromatic N) is 2. The third-order valence-corrected chi connectivity index (χ3v) is 4.95. The number of phenols is 1. The average Bonchev–Trinajstić information content (AvgIpc) is 3.08. The van der Waals surface area contributed by atoms with Gasteiger partial charge in [0.05, 0.1) is 6.04 Å². The molecule has 22 heavy (non-hydrogen) atoms. The van der Waals surface area contributed by atoms with Gasteiger partial charge in [0.2, 0.25) is 0 Å². The molecule has 1 aromatic heterocycles. The molecule has 1 heterocycles. The van der Waals surface area contributed by atoms with Crippen molar-refractivity contribution in [2.24, 2.45) is 7.05 Å². The van der Waals surface area contributed by atoms with Crippen molar-refractivity contribution in [2.75, 3.05) is 11.9 Å². The number of aromatic hydroxyl groups is 1. The number of hydrogen-bond donors (Lipinski definition) is 1. The third kappa shape index (κ3) is 1.82. The Labute approximate surface area is 130 Å². The van der Waals surface area contributed by atoms with Crippen LogP contribution in [0.5, 0.6) is 5.75 Å². The Hall–Kier alpha value is -2.42. The molecular formula is C19H20N2O. The van der Waals surface area contributed by atoms with Crippen LogP contribution in [0.25, 0.3) is 10.9 Å². The Morgan fingerprint density at radius 3 is 2.68 bits per heavy atom. The van der Waals surface area contributed by atoms with Crippen molar-refractivity contribution in [3.63, 3.8) is 0 Å².